The van der Waals surface area contributed by atoms with Gasteiger partial charge in [0.1, 0.15) is 0 Å². The van der Waals surface area contributed by atoms with E-state index < -0.39 is 8.07 Å². The van der Waals surface area contributed by atoms with Crippen molar-refractivity contribution in [1.29, 1.82) is 0 Å². The summed E-state index contributed by atoms with van der Waals surface area (Å²) >= 11 is 0. The fraction of sp³-hybridized carbons (Fsp3) is 0.964. The van der Waals surface area contributed by atoms with Crippen molar-refractivity contribution in [3.63, 3.8) is 0 Å². The molecule has 0 saturated carbocycles. The molecule has 2 saturated heterocycles. The average Bonchev–Trinajstić information content (AvgIpc) is 2.47. The monoisotopic (exact) mass is 561 g/mol. The largest absolute Gasteiger partial charge is 2.00 e. The standard InChI is InChI=1S/2C9H18N.C6H16N2.C4H11Si.Mn.Na/c2*1-8(2)6-5-7-9(3,4)10-8;1-7(2)5-6-8(3)4;1-5(2,3)4;;/h2*5-7H2,1-4H3;5-6H2,1-4H3;1H2,2-4H3;;/q2*-1;;-1;+2;+1. The molecular formula is C28H63MnN4NaSi. The molecule has 4 nitrogen and oxygen atoms in total. The molecular weight excluding hydrogens is 498 g/mol. The van der Waals surface area contributed by atoms with Crippen LogP contribution < -0.4 is 29.6 Å². The average molecular weight is 562 g/mol. The van der Waals surface area contributed by atoms with Gasteiger partial charge < -0.3 is 27.0 Å². The Hall–Kier alpha value is 1.58. The van der Waals surface area contributed by atoms with Gasteiger partial charge in [-0.05, 0) is 28.2 Å². The van der Waals surface area contributed by atoms with Crippen molar-refractivity contribution >= 4 is 8.07 Å². The van der Waals surface area contributed by atoms with Crippen LogP contribution in [0.15, 0.2) is 0 Å². The first kappa shape index (κ1) is 43.6. The Morgan fingerprint density at radius 1 is 0.600 bits per heavy atom. The summed E-state index contributed by atoms with van der Waals surface area (Å²) in [5.41, 5.74) is 0.951. The Labute approximate surface area is 257 Å². The van der Waals surface area contributed by atoms with Gasteiger partial charge in [0, 0.05) is 13.1 Å². The van der Waals surface area contributed by atoms with E-state index in [1.165, 1.54) is 38.5 Å². The van der Waals surface area contributed by atoms with Crippen LogP contribution >= 0.6 is 0 Å². The summed E-state index contributed by atoms with van der Waals surface area (Å²) in [5.74, 6) is 0. The smallest absolute Gasteiger partial charge is 0.652 e. The maximum absolute atomic E-state index is 4.75. The summed E-state index contributed by atoms with van der Waals surface area (Å²) in [6.45, 7) is 30.7. The molecule has 207 valence electrons. The van der Waals surface area contributed by atoms with Crippen molar-refractivity contribution in [1.82, 2.24) is 9.80 Å². The van der Waals surface area contributed by atoms with E-state index in [4.69, 9.17) is 10.6 Å². The zero-order valence-electron chi connectivity index (χ0n) is 27.0. The Morgan fingerprint density at radius 2 is 0.771 bits per heavy atom. The van der Waals surface area contributed by atoms with Gasteiger partial charge >= 0.3 is 46.6 Å². The van der Waals surface area contributed by atoms with Crippen molar-refractivity contribution in [3.8, 4) is 0 Å². The predicted molar refractivity (Wildman–Crippen MR) is 157 cm³/mol. The van der Waals surface area contributed by atoms with E-state index in [0.717, 1.165) is 13.1 Å². The molecule has 0 bridgehead atoms. The molecule has 2 rings (SSSR count). The molecule has 0 aromatic heterocycles. The molecule has 0 aromatic carbocycles. The first-order chi connectivity index (χ1) is 14.5. The van der Waals surface area contributed by atoms with Crippen molar-refractivity contribution in [2.24, 2.45) is 0 Å². The second-order valence-electron chi connectivity index (χ2n) is 14.3. The molecule has 2 aliphatic heterocycles. The Morgan fingerprint density at radius 3 is 0.857 bits per heavy atom. The number of hydrogen-bond acceptors (Lipinski definition) is 2. The second kappa shape index (κ2) is 18.8. The van der Waals surface area contributed by atoms with Gasteiger partial charge in [-0.25, -0.2) is 0 Å². The summed E-state index contributed by atoms with van der Waals surface area (Å²) in [7, 11) is 7.49. The van der Waals surface area contributed by atoms with Crippen LogP contribution in [0.25, 0.3) is 10.6 Å². The van der Waals surface area contributed by atoms with Gasteiger partial charge in [-0.1, -0.05) is 114 Å². The van der Waals surface area contributed by atoms with Gasteiger partial charge in [-0.3, -0.25) is 0 Å². The van der Waals surface area contributed by atoms with Gasteiger partial charge in [0.25, 0.3) is 0 Å². The van der Waals surface area contributed by atoms with Gasteiger partial charge in [-0.2, -0.15) is 0 Å². The van der Waals surface area contributed by atoms with E-state index >= 15 is 0 Å². The number of likely N-dealkylation sites (N-methyl/N-ethyl adjacent to an activating group) is 2. The minimum atomic E-state index is -0.861. The maximum atomic E-state index is 4.75. The first-order valence-corrected chi connectivity index (χ1v) is 16.8. The van der Waals surface area contributed by atoms with E-state index in [1.54, 1.807) is 0 Å². The van der Waals surface area contributed by atoms with E-state index in [-0.39, 0.29) is 68.8 Å². The summed E-state index contributed by atoms with van der Waals surface area (Å²) < 4.78 is 0. The van der Waals surface area contributed by atoms with Crippen LogP contribution in [0, 0.1) is 6.55 Å². The normalized spacial score (nSPS) is 21.4. The van der Waals surface area contributed by atoms with Crippen molar-refractivity contribution in [2.45, 2.75) is 136 Å². The fourth-order valence-corrected chi connectivity index (χ4v) is 4.17. The molecule has 0 amide bonds. The van der Waals surface area contributed by atoms with Crippen LogP contribution in [0.2, 0.25) is 19.6 Å². The molecule has 7 heteroatoms. The third kappa shape index (κ3) is 33.5. The summed E-state index contributed by atoms with van der Waals surface area (Å²) in [6, 6.07) is 0. The Kier molecular flexibility index (Phi) is 23.4. The van der Waals surface area contributed by atoms with Gasteiger partial charge in [0.2, 0.25) is 0 Å². The summed E-state index contributed by atoms with van der Waals surface area (Å²) in [4.78, 5) is 4.36. The molecule has 2 heterocycles. The van der Waals surface area contributed by atoms with Gasteiger partial charge in [0.15, 0.2) is 0 Å². The van der Waals surface area contributed by atoms with Gasteiger partial charge in [0.05, 0.1) is 0 Å². The molecule has 0 unspecified atom stereocenters. The maximum Gasteiger partial charge on any atom is 2.00 e. The van der Waals surface area contributed by atoms with E-state index in [1.807, 2.05) is 0 Å². The third-order valence-electron chi connectivity index (χ3n) is 5.36. The molecule has 0 spiro atoms. The topological polar surface area (TPSA) is 34.7 Å². The Balaban J connectivity index is -0.000000185. The quantitative estimate of drug-likeness (QED) is 0.359. The minimum absolute atomic E-state index is 0. The van der Waals surface area contributed by atoms with Crippen molar-refractivity contribution < 1.29 is 46.6 Å². The summed E-state index contributed by atoms with van der Waals surface area (Å²) in [6.07, 6.45) is 7.72. The SMILES string of the molecule is CC1(C)CCCC(C)(C)[N-]1.CC1(C)CCCC(C)(C)[N-]1.CN(C)CCN(C)C.[CH2-][Si](C)(C)C.[Mn+2].[Na+]. The first-order valence-electron chi connectivity index (χ1n) is 13.1. The molecule has 2 fully saturated rings. The third-order valence-corrected chi connectivity index (χ3v) is 5.36. The number of rotatable bonds is 3. The van der Waals surface area contributed by atoms with Gasteiger partial charge in [-0.15, -0.1) is 30.2 Å². The molecule has 1 radical (unpaired) electrons. The number of piperidine rings is 2. The van der Waals surface area contributed by atoms with Crippen LogP contribution in [0.4, 0.5) is 0 Å². The van der Waals surface area contributed by atoms with Crippen LogP contribution in [0.1, 0.15) is 93.9 Å². The molecule has 35 heavy (non-hydrogen) atoms. The minimum Gasteiger partial charge on any atom is -0.652 e. The number of nitrogens with zero attached hydrogens (tertiary/aromatic N) is 4. The zero-order chi connectivity index (χ0) is 26.7. The van der Waals surface area contributed by atoms with E-state index in [0.29, 0.717) is 0 Å². The van der Waals surface area contributed by atoms with E-state index in [2.05, 4.69) is 120 Å². The predicted octanol–water partition coefficient (Wildman–Crippen LogP) is 5.01. The molecule has 0 atom stereocenters. The zero-order valence-corrected chi connectivity index (χ0v) is 31.2. The van der Waals surface area contributed by atoms with Crippen molar-refractivity contribution in [3.05, 3.63) is 17.2 Å². The molecule has 0 N–H and O–H groups in total. The summed E-state index contributed by atoms with van der Waals surface area (Å²) in [5, 5.41) is 9.49. The Bertz CT molecular complexity index is 442. The molecule has 0 aromatic rings. The van der Waals surface area contributed by atoms with E-state index in [9.17, 15) is 0 Å². The van der Waals surface area contributed by atoms with Crippen LogP contribution in [-0.4, -0.2) is 81.3 Å². The fourth-order valence-electron chi connectivity index (χ4n) is 4.17. The van der Waals surface area contributed by atoms with Crippen LogP contribution in [0.5, 0.6) is 0 Å². The number of hydrogen-bond donors (Lipinski definition) is 0. The molecule has 0 aliphatic carbocycles. The van der Waals surface area contributed by atoms with Crippen LogP contribution in [0.3, 0.4) is 0 Å². The van der Waals surface area contributed by atoms with Crippen LogP contribution in [-0.2, 0) is 17.1 Å². The molecule has 2 aliphatic rings. The van der Waals surface area contributed by atoms with Crippen molar-refractivity contribution in [2.75, 3.05) is 41.3 Å². The second-order valence-corrected chi connectivity index (χ2v) is 19.5.